The maximum absolute atomic E-state index is 13.3. The molecule has 1 fully saturated rings. The summed E-state index contributed by atoms with van der Waals surface area (Å²) in [5.74, 6) is 0.746. The molecule has 1 aromatic heterocycles. The summed E-state index contributed by atoms with van der Waals surface area (Å²) in [4.78, 5) is 30.6. The van der Waals surface area contributed by atoms with Crippen LogP contribution in [0.3, 0.4) is 0 Å². The number of aliphatic hydroxyl groups excluding tert-OH is 1. The van der Waals surface area contributed by atoms with E-state index in [2.05, 4.69) is 18.8 Å². The van der Waals surface area contributed by atoms with E-state index in [-0.39, 0.29) is 36.8 Å². The van der Waals surface area contributed by atoms with Gasteiger partial charge in [-0.05, 0) is 42.9 Å². The first-order valence-electron chi connectivity index (χ1n) is 12.1. The van der Waals surface area contributed by atoms with Crippen LogP contribution in [-0.4, -0.2) is 71.3 Å². The van der Waals surface area contributed by atoms with Crippen LogP contribution in [0, 0.1) is 11.8 Å². The zero-order valence-electron chi connectivity index (χ0n) is 19.9. The minimum absolute atomic E-state index is 0.0254. The highest BCUT2D eigenvalue weighted by molar-refractivity contribution is 5.91. The summed E-state index contributed by atoms with van der Waals surface area (Å²) in [7, 11) is 0. The highest BCUT2D eigenvalue weighted by Crippen LogP contribution is 2.31. The molecule has 186 valence electrons. The predicted octanol–water partition coefficient (Wildman–Crippen LogP) is 2.42. The molecule has 2 aliphatic rings. The molecule has 0 spiro atoms. The average Bonchev–Trinajstić information content (AvgIpc) is 3.19. The van der Waals surface area contributed by atoms with Gasteiger partial charge in [0.05, 0.1) is 37.5 Å². The monoisotopic (exact) mass is 473 g/mol. The number of likely N-dealkylation sites (tertiary alicyclic amines) is 1. The number of para-hydroxylation sites is 2. The van der Waals surface area contributed by atoms with E-state index in [4.69, 9.17) is 19.3 Å². The van der Waals surface area contributed by atoms with Gasteiger partial charge in [0.1, 0.15) is 0 Å². The molecule has 3 heterocycles. The van der Waals surface area contributed by atoms with Crippen LogP contribution in [-0.2, 0) is 19.0 Å². The first kappa shape index (κ1) is 24.5. The maximum Gasteiger partial charge on any atom is 0.326 e. The molecule has 1 aromatic carbocycles. The largest absolute Gasteiger partial charge is 0.459 e. The molecule has 0 radical (unpaired) electrons. The average molecular weight is 474 g/mol. The third kappa shape index (κ3) is 5.54. The number of hydrogen-bond donors (Lipinski definition) is 2. The lowest BCUT2D eigenvalue weighted by Gasteiger charge is -2.36. The van der Waals surface area contributed by atoms with E-state index in [1.54, 1.807) is 0 Å². The molecule has 2 aliphatic heterocycles. The molecule has 9 nitrogen and oxygen atoms in total. The summed E-state index contributed by atoms with van der Waals surface area (Å²) in [6.07, 6.45) is 3.52. The molecule has 2 N–H and O–H groups in total. The smallest absolute Gasteiger partial charge is 0.326 e. The molecule has 0 bridgehead atoms. The van der Waals surface area contributed by atoms with E-state index < -0.39 is 6.29 Å². The van der Waals surface area contributed by atoms with Crippen molar-refractivity contribution in [3.8, 4) is 0 Å². The molecule has 2 unspecified atom stereocenters. The van der Waals surface area contributed by atoms with Crippen molar-refractivity contribution in [1.29, 1.82) is 0 Å². The number of nitrogens with one attached hydrogen (secondary N) is 1. The molecular weight excluding hydrogens is 438 g/mol. The van der Waals surface area contributed by atoms with Crippen LogP contribution in [0.4, 0.5) is 0 Å². The maximum atomic E-state index is 13.3. The Balaban J connectivity index is 1.38. The summed E-state index contributed by atoms with van der Waals surface area (Å²) in [5, 5.41) is 8.80. The first-order chi connectivity index (χ1) is 16.5. The van der Waals surface area contributed by atoms with Crippen molar-refractivity contribution in [1.82, 2.24) is 14.5 Å². The van der Waals surface area contributed by atoms with Gasteiger partial charge >= 0.3 is 5.69 Å². The van der Waals surface area contributed by atoms with E-state index >= 15 is 0 Å². The van der Waals surface area contributed by atoms with Gasteiger partial charge in [0.15, 0.2) is 5.76 Å². The van der Waals surface area contributed by atoms with Crippen LogP contribution in [0.15, 0.2) is 40.9 Å². The first-order valence-corrected chi connectivity index (χ1v) is 12.1. The van der Waals surface area contributed by atoms with Crippen LogP contribution in [0.5, 0.6) is 0 Å². The van der Waals surface area contributed by atoms with Crippen molar-refractivity contribution in [3.63, 3.8) is 0 Å². The molecular formula is C25H35N3O6. The van der Waals surface area contributed by atoms with Crippen molar-refractivity contribution >= 4 is 16.9 Å². The zero-order valence-corrected chi connectivity index (χ0v) is 19.9. The Bertz CT molecular complexity index is 1050. The third-order valence-corrected chi connectivity index (χ3v) is 6.66. The number of fused-ring (bicyclic) bond motifs is 1. The van der Waals surface area contributed by atoms with Gasteiger partial charge in [-0.1, -0.05) is 26.0 Å². The molecule has 2 aromatic rings. The Morgan fingerprint density at radius 3 is 2.71 bits per heavy atom. The van der Waals surface area contributed by atoms with Gasteiger partial charge in [-0.25, -0.2) is 4.79 Å². The van der Waals surface area contributed by atoms with Gasteiger partial charge in [0.2, 0.25) is 6.29 Å². The Hall–Kier alpha value is -2.62. The summed E-state index contributed by atoms with van der Waals surface area (Å²) in [6.45, 7) is 6.31. The number of piperidine rings is 1. The molecule has 4 rings (SSSR count). The van der Waals surface area contributed by atoms with Crippen molar-refractivity contribution in [3.05, 3.63) is 46.6 Å². The van der Waals surface area contributed by atoms with E-state index in [9.17, 15) is 9.59 Å². The van der Waals surface area contributed by atoms with Crippen molar-refractivity contribution in [2.75, 3.05) is 39.5 Å². The number of aromatic nitrogens is 2. The fourth-order valence-corrected chi connectivity index (χ4v) is 4.73. The molecule has 0 aliphatic carbocycles. The highest BCUT2D eigenvalue weighted by Gasteiger charge is 2.33. The van der Waals surface area contributed by atoms with Gasteiger partial charge < -0.3 is 29.2 Å². The molecule has 2 atom stereocenters. The molecule has 34 heavy (non-hydrogen) atoms. The zero-order chi connectivity index (χ0) is 24.1. The van der Waals surface area contributed by atoms with E-state index in [1.165, 1.54) is 0 Å². The fourth-order valence-electron chi connectivity index (χ4n) is 4.73. The number of benzene rings is 1. The number of amides is 1. The fraction of sp³-hybridized carbons (Fsp3) is 0.600. The quantitative estimate of drug-likeness (QED) is 0.542. The summed E-state index contributed by atoms with van der Waals surface area (Å²) >= 11 is 0. The number of aromatic amines is 1. The Morgan fingerprint density at radius 1 is 1.21 bits per heavy atom. The van der Waals surface area contributed by atoms with Crippen LogP contribution in [0.1, 0.15) is 39.2 Å². The van der Waals surface area contributed by atoms with Crippen LogP contribution in [0.25, 0.3) is 11.0 Å². The minimum atomic E-state index is -0.503. The lowest BCUT2D eigenvalue weighted by Crippen LogP contribution is -2.43. The van der Waals surface area contributed by atoms with Gasteiger partial charge in [-0.3, -0.25) is 9.36 Å². The SMILES string of the molecule is CC(C)C1C=C(C(=O)N2CCC(n3c(=O)[nH]c4ccccc43)CC2)OC(OCCOCCO)C1. The van der Waals surface area contributed by atoms with Crippen LogP contribution < -0.4 is 5.69 Å². The van der Waals surface area contributed by atoms with Gasteiger partial charge in [-0.2, -0.15) is 0 Å². The summed E-state index contributed by atoms with van der Waals surface area (Å²) < 4.78 is 18.8. The molecule has 9 heteroatoms. The van der Waals surface area contributed by atoms with Gasteiger partial charge in [0.25, 0.3) is 5.91 Å². The molecule has 0 saturated carbocycles. The van der Waals surface area contributed by atoms with E-state index in [1.807, 2.05) is 39.8 Å². The lowest BCUT2D eigenvalue weighted by molar-refractivity contribution is -0.161. The lowest BCUT2D eigenvalue weighted by atomic mass is 9.90. The summed E-state index contributed by atoms with van der Waals surface area (Å²) in [6, 6.07) is 7.74. The highest BCUT2D eigenvalue weighted by atomic mass is 16.7. The van der Waals surface area contributed by atoms with Crippen molar-refractivity contribution in [2.24, 2.45) is 11.8 Å². The number of imidazole rings is 1. The molecule has 1 saturated heterocycles. The number of nitrogens with zero attached hydrogens (tertiary/aromatic N) is 2. The number of hydrogen-bond acceptors (Lipinski definition) is 6. The molecule has 1 amide bonds. The standard InChI is InChI=1S/C25H35N3O6/c1-17(2)18-15-22(34-23(16-18)33-14-13-32-12-11-29)24(30)27-9-7-19(8-10-27)28-21-6-4-3-5-20(21)26-25(28)31/h3-6,15,17-19,23,29H,7-14,16H2,1-2H3,(H,26,31). The second kappa shape index (κ2) is 11.2. The normalized spacial score (nSPS) is 21.6. The van der Waals surface area contributed by atoms with Crippen LogP contribution in [0.2, 0.25) is 0 Å². The van der Waals surface area contributed by atoms with Gasteiger partial charge in [-0.15, -0.1) is 0 Å². The van der Waals surface area contributed by atoms with E-state index in [0.29, 0.717) is 57.2 Å². The number of carbonyl (C=O) groups excluding carboxylic acids is 1. The Kier molecular flexibility index (Phi) is 8.07. The Labute approximate surface area is 199 Å². The number of allylic oxidation sites excluding steroid dienone is 1. The predicted molar refractivity (Wildman–Crippen MR) is 127 cm³/mol. The number of aliphatic hydroxyl groups is 1. The third-order valence-electron chi connectivity index (χ3n) is 6.66. The van der Waals surface area contributed by atoms with E-state index in [0.717, 1.165) is 11.0 Å². The second-order valence-corrected chi connectivity index (χ2v) is 9.27. The van der Waals surface area contributed by atoms with Crippen molar-refractivity contribution in [2.45, 2.75) is 45.4 Å². The van der Waals surface area contributed by atoms with Gasteiger partial charge in [0, 0.05) is 25.6 Å². The topological polar surface area (TPSA) is 106 Å². The summed E-state index contributed by atoms with van der Waals surface area (Å²) in [5.41, 5.74) is 1.63. The number of H-pyrrole nitrogens is 1. The second-order valence-electron chi connectivity index (χ2n) is 9.27. The minimum Gasteiger partial charge on any atom is -0.459 e. The number of carbonyl (C=O) groups is 1. The van der Waals surface area contributed by atoms with Crippen molar-refractivity contribution < 1.29 is 24.1 Å². The Morgan fingerprint density at radius 2 is 1.97 bits per heavy atom. The van der Waals surface area contributed by atoms with Crippen LogP contribution >= 0.6 is 0 Å². The number of rotatable bonds is 9. The number of ether oxygens (including phenoxy) is 3.